The third-order valence-electron chi connectivity index (χ3n) is 2.58. The molecule has 20 heavy (non-hydrogen) atoms. The van der Waals surface area contributed by atoms with E-state index in [1.54, 1.807) is 6.07 Å². The van der Waals surface area contributed by atoms with Crippen LogP contribution >= 0.6 is 0 Å². The quantitative estimate of drug-likeness (QED) is 0.863. The van der Waals surface area contributed by atoms with Gasteiger partial charge >= 0.3 is 5.69 Å². The predicted octanol–water partition coefficient (Wildman–Crippen LogP) is 0.704. The first-order valence-corrected chi connectivity index (χ1v) is 5.90. The number of hydrogen-bond acceptors (Lipinski definition) is 3. The van der Waals surface area contributed by atoms with Crippen molar-refractivity contribution in [3.63, 3.8) is 0 Å². The van der Waals surface area contributed by atoms with E-state index in [2.05, 4.69) is 10.3 Å². The van der Waals surface area contributed by atoms with E-state index in [1.807, 2.05) is 0 Å². The molecule has 1 aromatic heterocycles. The van der Waals surface area contributed by atoms with E-state index < -0.39 is 17.1 Å². The molecule has 0 saturated heterocycles. The minimum atomic E-state index is -0.573. The Morgan fingerprint density at radius 3 is 2.80 bits per heavy atom. The molecule has 7 heteroatoms. The van der Waals surface area contributed by atoms with Gasteiger partial charge in [0.2, 0.25) is 5.91 Å². The number of aromatic amines is 1. The molecule has 2 rings (SSSR count). The van der Waals surface area contributed by atoms with Gasteiger partial charge in [-0.1, -0.05) is 6.07 Å². The van der Waals surface area contributed by atoms with Crippen LogP contribution in [0, 0.1) is 5.82 Å². The van der Waals surface area contributed by atoms with E-state index in [9.17, 15) is 18.8 Å². The molecular weight excluding hydrogens is 265 g/mol. The van der Waals surface area contributed by atoms with Crippen molar-refractivity contribution in [2.45, 2.75) is 13.0 Å². The molecule has 2 aromatic rings. The molecule has 1 heterocycles. The number of anilines is 1. The minimum absolute atomic E-state index is 0.0302. The number of carbonyl (C=O) groups is 1. The second kappa shape index (κ2) is 5.96. The summed E-state index contributed by atoms with van der Waals surface area (Å²) >= 11 is 0. The topological polar surface area (TPSA) is 84.0 Å². The second-order valence-corrected chi connectivity index (χ2v) is 4.11. The van der Waals surface area contributed by atoms with Crippen LogP contribution in [0.3, 0.4) is 0 Å². The van der Waals surface area contributed by atoms with Crippen molar-refractivity contribution in [2.24, 2.45) is 0 Å². The summed E-state index contributed by atoms with van der Waals surface area (Å²) in [7, 11) is 0. The highest BCUT2D eigenvalue weighted by molar-refractivity contribution is 5.90. The van der Waals surface area contributed by atoms with Gasteiger partial charge < -0.3 is 9.88 Å². The monoisotopic (exact) mass is 277 g/mol. The summed E-state index contributed by atoms with van der Waals surface area (Å²) in [6.07, 6.45) is 1.35. The van der Waals surface area contributed by atoms with Gasteiger partial charge in [0, 0.05) is 30.9 Å². The van der Waals surface area contributed by atoms with Crippen molar-refractivity contribution >= 4 is 11.6 Å². The Balaban J connectivity index is 1.95. The van der Waals surface area contributed by atoms with Crippen LogP contribution in [0.15, 0.2) is 46.1 Å². The molecule has 0 aliphatic heterocycles. The molecule has 1 amide bonds. The number of amides is 1. The standard InChI is InChI=1S/C13H12FN3O3/c14-9-2-1-3-10(8-9)15-11(18)4-6-17-7-5-12(19)16-13(17)20/h1-3,5,7-8H,4,6H2,(H,15,18)(H,16,19,20). The molecule has 0 saturated carbocycles. The van der Waals surface area contributed by atoms with Crippen LogP contribution in [0.1, 0.15) is 6.42 Å². The van der Waals surface area contributed by atoms with Crippen LogP contribution in [-0.2, 0) is 11.3 Å². The average Bonchev–Trinajstić information content (AvgIpc) is 2.37. The van der Waals surface area contributed by atoms with Gasteiger partial charge in [0.25, 0.3) is 5.56 Å². The van der Waals surface area contributed by atoms with Crippen molar-refractivity contribution in [2.75, 3.05) is 5.32 Å². The van der Waals surface area contributed by atoms with Crippen molar-refractivity contribution in [1.82, 2.24) is 9.55 Å². The Bertz CT molecular complexity index is 736. The highest BCUT2D eigenvalue weighted by Gasteiger charge is 2.04. The highest BCUT2D eigenvalue weighted by Crippen LogP contribution is 2.09. The first-order chi connectivity index (χ1) is 9.54. The lowest BCUT2D eigenvalue weighted by molar-refractivity contribution is -0.116. The SMILES string of the molecule is O=C(CCn1ccc(=O)[nH]c1=O)Nc1cccc(F)c1. The Morgan fingerprint density at radius 1 is 1.30 bits per heavy atom. The lowest BCUT2D eigenvalue weighted by Crippen LogP contribution is -2.29. The van der Waals surface area contributed by atoms with Crippen LogP contribution in [-0.4, -0.2) is 15.5 Å². The molecular formula is C13H12FN3O3. The normalized spacial score (nSPS) is 10.2. The average molecular weight is 277 g/mol. The molecule has 104 valence electrons. The smallest absolute Gasteiger partial charge is 0.326 e. The van der Waals surface area contributed by atoms with Crippen molar-refractivity contribution in [3.05, 3.63) is 63.2 Å². The third-order valence-corrected chi connectivity index (χ3v) is 2.58. The summed E-state index contributed by atoms with van der Waals surface area (Å²) in [6.45, 7) is 0.122. The molecule has 6 nitrogen and oxygen atoms in total. The van der Waals surface area contributed by atoms with Crippen LogP contribution < -0.4 is 16.6 Å². The van der Waals surface area contributed by atoms with Gasteiger partial charge in [0.05, 0.1) is 0 Å². The molecule has 0 aliphatic rings. The molecule has 0 atom stereocenters. The van der Waals surface area contributed by atoms with Gasteiger partial charge in [-0.2, -0.15) is 0 Å². The molecule has 2 N–H and O–H groups in total. The number of hydrogen-bond donors (Lipinski definition) is 2. The summed E-state index contributed by atoms with van der Waals surface area (Å²) in [5.41, 5.74) is -0.713. The number of benzene rings is 1. The molecule has 0 bridgehead atoms. The maximum atomic E-state index is 12.9. The summed E-state index contributed by atoms with van der Waals surface area (Å²) < 4.78 is 14.1. The Morgan fingerprint density at radius 2 is 2.10 bits per heavy atom. The van der Waals surface area contributed by atoms with E-state index in [1.165, 1.54) is 35.0 Å². The molecule has 0 fully saturated rings. The van der Waals surface area contributed by atoms with Crippen LogP contribution in [0.5, 0.6) is 0 Å². The molecule has 0 unspecified atom stereocenters. The second-order valence-electron chi connectivity index (χ2n) is 4.11. The number of carbonyl (C=O) groups excluding carboxylic acids is 1. The van der Waals surface area contributed by atoms with Gasteiger partial charge in [-0.05, 0) is 18.2 Å². The van der Waals surface area contributed by atoms with Gasteiger partial charge in [0.15, 0.2) is 0 Å². The number of nitrogens with one attached hydrogen (secondary N) is 2. The maximum absolute atomic E-state index is 12.9. The summed E-state index contributed by atoms with van der Waals surface area (Å²) in [5.74, 6) is -0.798. The molecule has 0 spiro atoms. The number of rotatable bonds is 4. The fourth-order valence-electron chi connectivity index (χ4n) is 1.63. The lowest BCUT2D eigenvalue weighted by atomic mass is 10.3. The zero-order valence-corrected chi connectivity index (χ0v) is 10.4. The molecule has 0 aliphatic carbocycles. The van der Waals surface area contributed by atoms with E-state index in [-0.39, 0.29) is 18.9 Å². The van der Waals surface area contributed by atoms with Crippen molar-refractivity contribution in [1.29, 1.82) is 0 Å². The van der Waals surface area contributed by atoms with Gasteiger partial charge in [-0.25, -0.2) is 9.18 Å². The zero-order valence-electron chi connectivity index (χ0n) is 10.4. The first kappa shape index (κ1) is 13.7. The number of aryl methyl sites for hydroxylation is 1. The number of halogens is 1. The van der Waals surface area contributed by atoms with Gasteiger partial charge in [0.1, 0.15) is 5.82 Å². The van der Waals surface area contributed by atoms with E-state index in [0.29, 0.717) is 5.69 Å². The summed E-state index contributed by atoms with van der Waals surface area (Å²) in [6, 6.07) is 6.72. The van der Waals surface area contributed by atoms with Crippen molar-refractivity contribution < 1.29 is 9.18 Å². The van der Waals surface area contributed by atoms with Crippen molar-refractivity contribution in [3.8, 4) is 0 Å². The van der Waals surface area contributed by atoms with Gasteiger partial charge in [-0.15, -0.1) is 0 Å². The molecule has 1 aromatic carbocycles. The van der Waals surface area contributed by atoms with Gasteiger partial charge in [-0.3, -0.25) is 14.6 Å². The number of H-pyrrole nitrogens is 1. The fraction of sp³-hybridized carbons (Fsp3) is 0.154. The molecule has 0 radical (unpaired) electrons. The minimum Gasteiger partial charge on any atom is -0.326 e. The Kier molecular flexibility index (Phi) is 4.09. The largest absolute Gasteiger partial charge is 0.328 e. The van der Waals surface area contributed by atoms with E-state index in [4.69, 9.17) is 0 Å². The Labute approximate surface area is 112 Å². The lowest BCUT2D eigenvalue weighted by Gasteiger charge is -2.06. The fourth-order valence-corrected chi connectivity index (χ4v) is 1.63. The third kappa shape index (κ3) is 3.64. The zero-order chi connectivity index (χ0) is 14.5. The summed E-state index contributed by atoms with van der Waals surface area (Å²) in [4.78, 5) is 36.0. The predicted molar refractivity (Wildman–Crippen MR) is 71.0 cm³/mol. The Hall–Kier alpha value is -2.70. The van der Waals surface area contributed by atoms with E-state index >= 15 is 0 Å². The van der Waals surface area contributed by atoms with Crippen LogP contribution in [0.25, 0.3) is 0 Å². The maximum Gasteiger partial charge on any atom is 0.328 e. The highest BCUT2D eigenvalue weighted by atomic mass is 19.1. The van der Waals surface area contributed by atoms with Crippen LogP contribution in [0.2, 0.25) is 0 Å². The number of aromatic nitrogens is 2. The first-order valence-electron chi connectivity index (χ1n) is 5.90. The summed E-state index contributed by atoms with van der Waals surface area (Å²) in [5, 5.41) is 2.52. The number of nitrogens with zero attached hydrogens (tertiary/aromatic N) is 1. The van der Waals surface area contributed by atoms with Crippen LogP contribution in [0.4, 0.5) is 10.1 Å². The van der Waals surface area contributed by atoms with E-state index in [0.717, 1.165) is 0 Å².